The average molecular weight is 246 g/mol. The second-order valence-electron chi connectivity index (χ2n) is 4.29. The van der Waals surface area contributed by atoms with Crippen molar-refractivity contribution >= 4 is 11.5 Å². The molecule has 2 aromatic heterocycles. The molecule has 1 fully saturated rings. The van der Waals surface area contributed by atoms with E-state index in [2.05, 4.69) is 4.98 Å². The van der Waals surface area contributed by atoms with Crippen LogP contribution in [0, 0.1) is 0 Å². The molecule has 1 atom stereocenters. The Labute approximate surface area is 104 Å². The maximum atomic E-state index is 11.7. The number of pyridine rings is 1. The minimum Gasteiger partial charge on any atom is -0.465 e. The quantitative estimate of drug-likeness (QED) is 0.760. The molecule has 3 heterocycles. The topological polar surface area (TPSA) is 52.8 Å². The molecule has 1 saturated heterocycles. The maximum Gasteiger partial charge on any atom is 0.340 e. The predicted octanol–water partition coefficient (Wildman–Crippen LogP) is 1.97. The highest BCUT2D eigenvalue weighted by Gasteiger charge is 2.23. The molecule has 1 aliphatic heterocycles. The van der Waals surface area contributed by atoms with Crippen LogP contribution >= 0.6 is 0 Å². The summed E-state index contributed by atoms with van der Waals surface area (Å²) < 4.78 is 12.3. The van der Waals surface area contributed by atoms with Crippen molar-refractivity contribution in [2.45, 2.75) is 18.9 Å². The first kappa shape index (κ1) is 11.2. The van der Waals surface area contributed by atoms with Gasteiger partial charge in [0, 0.05) is 12.8 Å². The Balaban J connectivity index is 2.11. The van der Waals surface area contributed by atoms with Crippen LogP contribution in [0.1, 0.15) is 35.1 Å². The van der Waals surface area contributed by atoms with Gasteiger partial charge in [-0.2, -0.15) is 0 Å². The van der Waals surface area contributed by atoms with Crippen LogP contribution in [-0.2, 0) is 9.47 Å². The molecule has 0 aliphatic carbocycles. The first-order chi connectivity index (χ1) is 8.81. The van der Waals surface area contributed by atoms with Gasteiger partial charge in [-0.1, -0.05) is 0 Å². The van der Waals surface area contributed by atoms with Gasteiger partial charge in [-0.25, -0.2) is 9.78 Å². The number of methoxy groups -OCH3 is 1. The summed E-state index contributed by atoms with van der Waals surface area (Å²) in [6.45, 7) is 0.774. The number of esters is 1. The lowest BCUT2D eigenvalue weighted by Crippen LogP contribution is -2.06. The third-order valence-electron chi connectivity index (χ3n) is 3.22. The molecule has 0 radical (unpaired) electrons. The molecule has 0 saturated carbocycles. The molecule has 0 aromatic carbocycles. The monoisotopic (exact) mass is 246 g/mol. The number of fused-ring (bicyclic) bond motifs is 1. The molecule has 3 rings (SSSR count). The van der Waals surface area contributed by atoms with E-state index in [1.54, 1.807) is 12.3 Å². The summed E-state index contributed by atoms with van der Waals surface area (Å²) in [5.74, 6) is 0.507. The van der Waals surface area contributed by atoms with E-state index in [0.29, 0.717) is 5.56 Å². The van der Waals surface area contributed by atoms with Crippen molar-refractivity contribution in [1.82, 2.24) is 9.38 Å². The molecule has 0 N–H and O–H groups in total. The van der Waals surface area contributed by atoms with E-state index in [9.17, 15) is 4.79 Å². The van der Waals surface area contributed by atoms with Crippen LogP contribution < -0.4 is 0 Å². The average Bonchev–Trinajstić information content (AvgIpc) is 3.05. The van der Waals surface area contributed by atoms with Gasteiger partial charge in [0.05, 0.1) is 24.4 Å². The highest BCUT2D eigenvalue weighted by atomic mass is 16.5. The van der Waals surface area contributed by atoms with Crippen LogP contribution in [0.3, 0.4) is 0 Å². The minimum atomic E-state index is -0.348. The van der Waals surface area contributed by atoms with Crippen LogP contribution in [0.4, 0.5) is 0 Å². The van der Waals surface area contributed by atoms with Crippen molar-refractivity contribution in [2.24, 2.45) is 0 Å². The number of nitrogens with zero attached hydrogens (tertiary/aromatic N) is 2. The van der Waals surface area contributed by atoms with Crippen molar-refractivity contribution in [1.29, 1.82) is 0 Å². The second kappa shape index (κ2) is 4.42. The van der Waals surface area contributed by atoms with Crippen molar-refractivity contribution in [2.75, 3.05) is 13.7 Å². The highest BCUT2D eigenvalue weighted by molar-refractivity contribution is 5.96. The summed E-state index contributed by atoms with van der Waals surface area (Å²) in [5, 5.41) is 0. The number of carbonyl (C=O) groups is 1. The van der Waals surface area contributed by atoms with Crippen LogP contribution in [0.15, 0.2) is 24.5 Å². The molecule has 5 heteroatoms. The number of rotatable bonds is 2. The molecule has 0 bridgehead atoms. The van der Waals surface area contributed by atoms with Gasteiger partial charge in [-0.15, -0.1) is 0 Å². The fourth-order valence-electron chi connectivity index (χ4n) is 2.34. The van der Waals surface area contributed by atoms with Gasteiger partial charge >= 0.3 is 5.97 Å². The lowest BCUT2D eigenvalue weighted by molar-refractivity contribution is 0.0602. The normalized spacial score (nSPS) is 19.3. The third kappa shape index (κ3) is 1.67. The molecule has 2 aromatic rings. The largest absolute Gasteiger partial charge is 0.465 e. The Hall–Kier alpha value is -1.88. The predicted molar refractivity (Wildman–Crippen MR) is 64.5 cm³/mol. The molecule has 1 unspecified atom stereocenters. The summed E-state index contributed by atoms with van der Waals surface area (Å²) in [6, 6.07) is 3.56. The van der Waals surface area contributed by atoms with Gasteiger partial charge in [0.25, 0.3) is 0 Å². The van der Waals surface area contributed by atoms with Gasteiger partial charge < -0.3 is 13.9 Å². The summed E-state index contributed by atoms with van der Waals surface area (Å²) in [6.07, 6.45) is 5.65. The summed E-state index contributed by atoms with van der Waals surface area (Å²) in [4.78, 5) is 16.0. The third-order valence-corrected chi connectivity index (χ3v) is 3.22. The van der Waals surface area contributed by atoms with Crippen LogP contribution in [0.5, 0.6) is 0 Å². The van der Waals surface area contributed by atoms with Gasteiger partial charge in [0.2, 0.25) is 0 Å². The standard InChI is InChI=1S/C13H14N2O3/c1-17-13(16)9-4-2-6-15-10(9)8-14-12(15)11-5-3-7-18-11/h2,4,6,8,11H,3,5,7H2,1H3. The van der Waals surface area contributed by atoms with Gasteiger partial charge in [0.1, 0.15) is 11.9 Å². The summed E-state index contributed by atoms with van der Waals surface area (Å²) in [7, 11) is 1.38. The molecule has 0 amide bonds. The number of aromatic nitrogens is 2. The fourth-order valence-corrected chi connectivity index (χ4v) is 2.34. The van der Waals surface area contributed by atoms with E-state index in [1.807, 2.05) is 16.7 Å². The van der Waals surface area contributed by atoms with E-state index in [1.165, 1.54) is 7.11 Å². The first-order valence-corrected chi connectivity index (χ1v) is 5.97. The zero-order chi connectivity index (χ0) is 12.5. The smallest absolute Gasteiger partial charge is 0.340 e. The Kier molecular flexibility index (Phi) is 2.76. The van der Waals surface area contributed by atoms with E-state index >= 15 is 0 Å². The van der Waals surface area contributed by atoms with Gasteiger partial charge in [-0.3, -0.25) is 0 Å². The van der Waals surface area contributed by atoms with E-state index < -0.39 is 0 Å². The van der Waals surface area contributed by atoms with Crippen LogP contribution in [-0.4, -0.2) is 29.1 Å². The number of ether oxygens (including phenoxy) is 2. The fraction of sp³-hybridized carbons (Fsp3) is 0.385. The number of hydrogen-bond acceptors (Lipinski definition) is 4. The molecule has 18 heavy (non-hydrogen) atoms. The zero-order valence-electron chi connectivity index (χ0n) is 10.1. The number of hydrogen-bond donors (Lipinski definition) is 0. The second-order valence-corrected chi connectivity index (χ2v) is 4.29. The van der Waals surface area contributed by atoms with Crippen molar-refractivity contribution in [3.05, 3.63) is 35.9 Å². The molecule has 94 valence electrons. The Morgan fingerprint density at radius 1 is 1.61 bits per heavy atom. The SMILES string of the molecule is COC(=O)c1cccn2c(C3CCCO3)ncc12. The molecular formula is C13H14N2O3. The molecule has 0 spiro atoms. The van der Waals surface area contributed by atoms with E-state index in [-0.39, 0.29) is 12.1 Å². The van der Waals surface area contributed by atoms with Crippen molar-refractivity contribution < 1.29 is 14.3 Å². The maximum absolute atomic E-state index is 11.7. The Morgan fingerprint density at radius 3 is 3.22 bits per heavy atom. The minimum absolute atomic E-state index is 0.0281. The summed E-state index contributed by atoms with van der Waals surface area (Å²) in [5.41, 5.74) is 1.28. The van der Waals surface area contributed by atoms with Gasteiger partial charge in [-0.05, 0) is 25.0 Å². The van der Waals surface area contributed by atoms with Crippen LogP contribution in [0.25, 0.3) is 5.52 Å². The molecule has 5 nitrogen and oxygen atoms in total. The van der Waals surface area contributed by atoms with Crippen molar-refractivity contribution in [3.8, 4) is 0 Å². The first-order valence-electron chi connectivity index (χ1n) is 5.97. The Bertz CT molecular complexity index is 585. The van der Waals surface area contributed by atoms with E-state index in [0.717, 1.165) is 30.8 Å². The molecule has 1 aliphatic rings. The zero-order valence-corrected chi connectivity index (χ0v) is 10.1. The number of imidazole rings is 1. The Morgan fingerprint density at radius 2 is 2.50 bits per heavy atom. The molecular weight excluding hydrogens is 232 g/mol. The van der Waals surface area contributed by atoms with E-state index in [4.69, 9.17) is 9.47 Å². The van der Waals surface area contributed by atoms with Gasteiger partial charge in [0.15, 0.2) is 0 Å². The summed E-state index contributed by atoms with van der Waals surface area (Å²) >= 11 is 0. The number of carbonyl (C=O) groups excluding carboxylic acids is 1. The highest BCUT2D eigenvalue weighted by Crippen LogP contribution is 2.28. The lowest BCUT2D eigenvalue weighted by atomic mass is 10.2. The van der Waals surface area contributed by atoms with Crippen molar-refractivity contribution in [3.63, 3.8) is 0 Å². The lowest BCUT2D eigenvalue weighted by Gasteiger charge is -2.09. The van der Waals surface area contributed by atoms with Crippen LogP contribution in [0.2, 0.25) is 0 Å².